The molecule has 1 N–H and O–H groups in total. The van der Waals surface area contributed by atoms with Crippen LogP contribution in [0.5, 0.6) is 0 Å². The van der Waals surface area contributed by atoms with Crippen molar-refractivity contribution in [3.05, 3.63) is 101 Å². The third-order valence-corrected chi connectivity index (χ3v) is 10.3. The fourth-order valence-electron chi connectivity index (χ4n) is 3.54. The maximum absolute atomic E-state index is 17.1. The minimum atomic E-state index is -5.20. The van der Waals surface area contributed by atoms with Crippen molar-refractivity contribution in [2.24, 2.45) is 0 Å². The van der Waals surface area contributed by atoms with Gasteiger partial charge >= 0.3 is 4.33 Å². The van der Waals surface area contributed by atoms with Crippen LogP contribution in [0.1, 0.15) is 17.9 Å². The van der Waals surface area contributed by atoms with E-state index in [-0.39, 0.29) is 11.3 Å². The van der Waals surface area contributed by atoms with Crippen LogP contribution in [0.2, 0.25) is 0 Å². The van der Waals surface area contributed by atoms with E-state index in [2.05, 4.69) is 0 Å². The number of nitro benzene ring substituents is 1. The molecule has 0 bridgehead atoms. The number of halogens is 1. The molecule has 0 saturated carbocycles. The third-order valence-electron chi connectivity index (χ3n) is 5.18. The molecule has 0 aliphatic heterocycles. The summed E-state index contributed by atoms with van der Waals surface area (Å²) in [5.41, 5.74) is -0.473. The van der Waals surface area contributed by atoms with Crippen molar-refractivity contribution >= 4 is 25.4 Å². The van der Waals surface area contributed by atoms with E-state index >= 15 is 4.39 Å². The van der Waals surface area contributed by atoms with Crippen LogP contribution in [0.25, 0.3) is 0 Å². The minimum Gasteiger partial charge on any atom is -0.396 e. The molecule has 0 saturated heterocycles. The lowest BCUT2D eigenvalue weighted by Crippen LogP contribution is -2.47. The SMILES string of the molecule is O=[N+]([O-])c1ccc([C@H](CCO)C(F)(S(=O)(=O)c2ccccc2)S(=O)(=O)c2ccccc2)cc1. The Morgan fingerprint density at radius 1 is 0.818 bits per heavy atom. The van der Waals surface area contributed by atoms with E-state index in [4.69, 9.17) is 0 Å². The maximum Gasteiger partial charge on any atom is 0.324 e. The van der Waals surface area contributed by atoms with Crippen LogP contribution in [0.3, 0.4) is 0 Å². The number of benzene rings is 3. The first kappa shape index (κ1) is 24.5. The summed E-state index contributed by atoms with van der Waals surface area (Å²) in [7, 11) is -10.4. The zero-order chi connectivity index (χ0) is 24.3. The van der Waals surface area contributed by atoms with Crippen LogP contribution in [0.4, 0.5) is 10.1 Å². The number of nitrogens with zero attached hydrogens (tertiary/aromatic N) is 1. The number of aliphatic hydroxyl groups excluding tert-OH is 1. The highest BCUT2D eigenvalue weighted by molar-refractivity contribution is 8.10. The van der Waals surface area contributed by atoms with Crippen LogP contribution in [0, 0.1) is 10.1 Å². The van der Waals surface area contributed by atoms with Crippen LogP contribution < -0.4 is 0 Å². The molecule has 0 fully saturated rings. The Hall–Kier alpha value is -3.15. The van der Waals surface area contributed by atoms with Gasteiger partial charge in [0.25, 0.3) is 5.69 Å². The first-order valence-electron chi connectivity index (χ1n) is 9.71. The van der Waals surface area contributed by atoms with Gasteiger partial charge in [0.05, 0.1) is 20.6 Å². The Bertz CT molecular complexity index is 1260. The predicted octanol–water partition coefficient (Wildman–Crippen LogP) is 3.63. The fourth-order valence-corrected chi connectivity index (χ4v) is 8.20. The molecule has 0 amide bonds. The van der Waals surface area contributed by atoms with Gasteiger partial charge in [-0.2, -0.15) is 0 Å². The van der Waals surface area contributed by atoms with Gasteiger partial charge < -0.3 is 5.11 Å². The summed E-state index contributed by atoms with van der Waals surface area (Å²) < 4.78 is 67.5. The van der Waals surface area contributed by atoms with Gasteiger partial charge in [0.1, 0.15) is 0 Å². The molecule has 174 valence electrons. The molecule has 0 unspecified atom stereocenters. The molecule has 11 heteroatoms. The normalized spacial score (nSPS) is 13.4. The average molecular weight is 494 g/mol. The average Bonchev–Trinajstić information content (AvgIpc) is 2.83. The van der Waals surface area contributed by atoms with Crippen LogP contribution >= 0.6 is 0 Å². The number of alkyl halides is 1. The highest BCUT2D eigenvalue weighted by Crippen LogP contribution is 2.48. The summed E-state index contributed by atoms with van der Waals surface area (Å²) >= 11 is 0. The number of nitro groups is 1. The van der Waals surface area contributed by atoms with Crippen molar-refractivity contribution in [1.29, 1.82) is 0 Å². The molecule has 3 aromatic carbocycles. The summed E-state index contributed by atoms with van der Waals surface area (Å²) in [5.74, 6) is -1.89. The first-order valence-corrected chi connectivity index (χ1v) is 12.7. The van der Waals surface area contributed by atoms with E-state index in [0.717, 1.165) is 48.5 Å². The van der Waals surface area contributed by atoms with Gasteiger partial charge in [0, 0.05) is 18.7 Å². The minimum absolute atomic E-state index is 0.129. The van der Waals surface area contributed by atoms with Gasteiger partial charge in [-0.25, -0.2) is 21.2 Å². The molecule has 33 heavy (non-hydrogen) atoms. The van der Waals surface area contributed by atoms with Gasteiger partial charge in [-0.05, 0) is 36.2 Å². The van der Waals surface area contributed by atoms with Gasteiger partial charge in [0.15, 0.2) is 0 Å². The van der Waals surface area contributed by atoms with Crippen molar-refractivity contribution in [2.45, 2.75) is 26.5 Å². The first-order chi connectivity index (χ1) is 15.6. The molecular formula is C22H20FNO7S2. The van der Waals surface area contributed by atoms with E-state index in [1.165, 1.54) is 36.4 Å². The monoisotopic (exact) mass is 493 g/mol. The smallest absolute Gasteiger partial charge is 0.324 e. The molecule has 8 nitrogen and oxygen atoms in total. The maximum atomic E-state index is 17.1. The molecular weight excluding hydrogens is 473 g/mol. The Morgan fingerprint density at radius 2 is 1.24 bits per heavy atom. The Kier molecular flexibility index (Phi) is 6.96. The van der Waals surface area contributed by atoms with Gasteiger partial charge in [-0.3, -0.25) is 10.1 Å². The topological polar surface area (TPSA) is 132 Å². The standard InChI is InChI=1S/C22H20FNO7S2/c23-22(32(28,29)19-7-3-1-4-8-19,33(30,31)20-9-5-2-6-10-20)21(15-16-25)17-11-13-18(14-12-17)24(26)27/h1-14,21,25H,15-16H2/t21-/m0/s1. The lowest BCUT2D eigenvalue weighted by molar-refractivity contribution is -0.384. The zero-order valence-electron chi connectivity index (χ0n) is 17.1. The van der Waals surface area contributed by atoms with Gasteiger partial charge in [-0.15, -0.1) is 0 Å². The molecule has 1 atom stereocenters. The third kappa shape index (κ3) is 4.26. The fraction of sp³-hybridized carbons (Fsp3) is 0.182. The van der Waals surface area contributed by atoms with Crippen molar-refractivity contribution in [3.63, 3.8) is 0 Å². The number of non-ortho nitro benzene ring substituents is 1. The van der Waals surface area contributed by atoms with Crippen molar-refractivity contribution in [2.75, 3.05) is 6.61 Å². The Labute approximate surface area is 190 Å². The molecule has 0 aliphatic rings. The molecule has 0 radical (unpaired) electrons. The summed E-state index contributed by atoms with van der Waals surface area (Å²) in [6.45, 7) is -0.734. The lowest BCUT2D eigenvalue weighted by Gasteiger charge is -2.33. The largest absolute Gasteiger partial charge is 0.396 e. The quantitative estimate of drug-likeness (QED) is 0.356. The van der Waals surface area contributed by atoms with E-state index in [0.29, 0.717) is 0 Å². The highest BCUT2D eigenvalue weighted by atomic mass is 32.3. The molecule has 0 aliphatic carbocycles. The van der Waals surface area contributed by atoms with Crippen LogP contribution in [-0.2, 0) is 19.7 Å². The summed E-state index contributed by atoms with van der Waals surface area (Å²) in [4.78, 5) is 9.18. The van der Waals surface area contributed by atoms with E-state index in [1.54, 1.807) is 0 Å². The number of aliphatic hydroxyl groups is 1. The van der Waals surface area contributed by atoms with Crippen molar-refractivity contribution < 1.29 is 31.3 Å². The zero-order valence-corrected chi connectivity index (χ0v) is 18.7. The summed E-state index contributed by atoms with van der Waals surface area (Å²) in [5, 5.41) is 20.6. The molecule has 0 aromatic heterocycles. The van der Waals surface area contributed by atoms with E-state index in [1.807, 2.05) is 0 Å². The Morgan fingerprint density at radius 3 is 1.61 bits per heavy atom. The van der Waals surface area contributed by atoms with E-state index in [9.17, 15) is 32.1 Å². The van der Waals surface area contributed by atoms with Gasteiger partial charge in [0.2, 0.25) is 19.7 Å². The summed E-state index contributed by atoms with van der Waals surface area (Å²) in [6.07, 6.45) is -0.577. The number of hydrogen-bond acceptors (Lipinski definition) is 7. The number of sulfone groups is 2. The molecule has 0 heterocycles. The highest BCUT2D eigenvalue weighted by Gasteiger charge is 2.62. The second-order valence-electron chi connectivity index (χ2n) is 7.13. The molecule has 3 rings (SSSR count). The van der Waals surface area contributed by atoms with Crippen molar-refractivity contribution in [3.8, 4) is 0 Å². The van der Waals surface area contributed by atoms with Crippen LogP contribution in [-0.4, -0.2) is 37.8 Å². The number of rotatable bonds is 9. The second-order valence-corrected chi connectivity index (χ2v) is 11.5. The predicted molar refractivity (Wildman–Crippen MR) is 119 cm³/mol. The number of hydrogen-bond donors (Lipinski definition) is 1. The van der Waals surface area contributed by atoms with Gasteiger partial charge in [-0.1, -0.05) is 48.5 Å². The lowest BCUT2D eigenvalue weighted by atomic mass is 9.96. The summed E-state index contributed by atoms with van der Waals surface area (Å²) in [6, 6.07) is 16.8. The van der Waals surface area contributed by atoms with Crippen molar-refractivity contribution in [1.82, 2.24) is 0 Å². The Balaban J connectivity index is 2.35. The second kappa shape index (κ2) is 9.38. The molecule has 0 spiro atoms. The van der Waals surface area contributed by atoms with E-state index < -0.39 is 57.7 Å². The molecule has 3 aromatic rings. The van der Waals surface area contributed by atoms with Crippen LogP contribution in [0.15, 0.2) is 94.7 Å².